The quantitative estimate of drug-likeness (QED) is 0.0500. The van der Waals surface area contributed by atoms with Crippen LogP contribution in [0.1, 0.15) is 168 Å². The fourth-order valence-electron chi connectivity index (χ4n) is 5.41. The first-order valence-corrected chi connectivity index (χ1v) is 17.6. The molecule has 0 spiro atoms. The molecule has 1 N–H and O–H groups in total. The molecule has 0 saturated heterocycles. The minimum absolute atomic E-state index is 0.0606. The summed E-state index contributed by atoms with van der Waals surface area (Å²) >= 11 is 0. The lowest BCUT2D eigenvalue weighted by Gasteiger charge is -2.32. The van der Waals surface area contributed by atoms with Crippen LogP contribution in [0.3, 0.4) is 0 Å². The fourth-order valence-corrected chi connectivity index (χ4v) is 5.41. The summed E-state index contributed by atoms with van der Waals surface area (Å²) in [5.74, 6) is -0.420. The smallest absolute Gasteiger partial charge is 0.306 e. The second-order valence-electron chi connectivity index (χ2n) is 12.9. The molecule has 1 unspecified atom stereocenters. The van der Waals surface area contributed by atoms with Crippen molar-refractivity contribution in [2.24, 2.45) is 0 Å². The summed E-state index contributed by atoms with van der Waals surface area (Å²) in [5.41, 5.74) is 0. The molecule has 41 heavy (non-hydrogen) atoms. The average molecular weight is 585 g/mol. The van der Waals surface area contributed by atoms with Crippen LogP contribution in [0.15, 0.2) is 0 Å². The number of rotatable bonds is 31. The number of aliphatic hydroxyl groups excluding tert-OH is 1. The van der Waals surface area contributed by atoms with Gasteiger partial charge < -0.3 is 19.1 Å². The van der Waals surface area contributed by atoms with Gasteiger partial charge in [0, 0.05) is 12.8 Å². The van der Waals surface area contributed by atoms with Crippen LogP contribution in [-0.4, -0.2) is 68.0 Å². The molecule has 0 aromatic carbocycles. The van der Waals surface area contributed by atoms with E-state index in [9.17, 15) is 14.7 Å². The number of unbranched alkanes of at least 4 members (excludes halogenated alkanes) is 20. The summed E-state index contributed by atoms with van der Waals surface area (Å²) in [6.45, 7) is 5.72. The molecule has 0 fully saturated rings. The highest BCUT2D eigenvalue weighted by molar-refractivity contribution is 5.70. The predicted octanol–water partition coefficient (Wildman–Crippen LogP) is 8.91. The standard InChI is InChI=1S/C35H70NO5/c1-5-7-9-11-13-15-17-19-21-23-25-27-34(38)40-32-33(31-36(3,4)29-30-37)41-35(39)28-26-24-22-20-18-16-14-12-10-8-6-2/h33,37H,5-32H2,1-4H3/q+1. The molecule has 0 aliphatic rings. The van der Waals surface area contributed by atoms with E-state index in [4.69, 9.17) is 9.47 Å². The van der Waals surface area contributed by atoms with Crippen LogP contribution < -0.4 is 0 Å². The summed E-state index contributed by atoms with van der Waals surface area (Å²) in [5, 5.41) is 9.41. The molecule has 0 heterocycles. The van der Waals surface area contributed by atoms with Gasteiger partial charge in [-0.25, -0.2) is 0 Å². The zero-order chi connectivity index (χ0) is 30.4. The van der Waals surface area contributed by atoms with Crippen LogP contribution in [0.4, 0.5) is 0 Å². The Hall–Kier alpha value is -1.14. The van der Waals surface area contributed by atoms with E-state index in [-0.39, 0.29) is 25.2 Å². The molecule has 0 saturated carbocycles. The maximum Gasteiger partial charge on any atom is 0.306 e. The van der Waals surface area contributed by atoms with Crippen molar-refractivity contribution in [3.8, 4) is 0 Å². The molecular weight excluding hydrogens is 514 g/mol. The van der Waals surface area contributed by atoms with Crippen LogP contribution in [0.25, 0.3) is 0 Å². The monoisotopic (exact) mass is 585 g/mol. The molecule has 0 aliphatic heterocycles. The lowest BCUT2D eigenvalue weighted by Crippen LogP contribution is -2.49. The van der Waals surface area contributed by atoms with E-state index in [2.05, 4.69) is 13.8 Å². The van der Waals surface area contributed by atoms with Crippen LogP contribution in [-0.2, 0) is 19.1 Å². The van der Waals surface area contributed by atoms with Gasteiger partial charge in [0.1, 0.15) is 19.7 Å². The van der Waals surface area contributed by atoms with Gasteiger partial charge in [-0.1, -0.05) is 142 Å². The molecule has 0 bridgehead atoms. The minimum atomic E-state index is -0.488. The first-order chi connectivity index (χ1) is 19.8. The van der Waals surface area contributed by atoms with E-state index in [1.54, 1.807) is 0 Å². The number of hydrogen-bond donors (Lipinski definition) is 1. The normalized spacial score (nSPS) is 12.4. The average Bonchev–Trinajstić information content (AvgIpc) is 2.93. The molecular formula is C35H70NO5+. The lowest BCUT2D eigenvalue weighted by molar-refractivity contribution is -0.893. The van der Waals surface area contributed by atoms with Crippen molar-refractivity contribution in [3.63, 3.8) is 0 Å². The summed E-state index contributed by atoms with van der Waals surface area (Å²) in [6, 6.07) is 0. The molecule has 0 aromatic heterocycles. The molecule has 244 valence electrons. The Bertz CT molecular complexity index is 595. The van der Waals surface area contributed by atoms with Crippen molar-refractivity contribution in [1.29, 1.82) is 0 Å². The molecule has 0 aliphatic carbocycles. The highest BCUT2D eigenvalue weighted by Gasteiger charge is 2.26. The van der Waals surface area contributed by atoms with Gasteiger partial charge in [0.15, 0.2) is 6.10 Å². The molecule has 0 radical (unpaired) electrons. The van der Waals surface area contributed by atoms with E-state index in [0.29, 0.717) is 30.4 Å². The minimum Gasteiger partial charge on any atom is -0.461 e. The number of ether oxygens (including phenoxy) is 2. The van der Waals surface area contributed by atoms with E-state index in [1.807, 2.05) is 14.1 Å². The molecule has 6 nitrogen and oxygen atoms in total. The summed E-state index contributed by atoms with van der Waals surface area (Å²) in [4.78, 5) is 24.9. The summed E-state index contributed by atoms with van der Waals surface area (Å²) in [6.07, 6.45) is 27.7. The molecule has 0 aromatic rings. The third kappa shape index (κ3) is 28.7. The number of carbonyl (C=O) groups is 2. The Kier molecular flexibility index (Phi) is 28.2. The van der Waals surface area contributed by atoms with Crippen molar-refractivity contribution in [2.75, 3.05) is 40.4 Å². The van der Waals surface area contributed by atoms with Crippen LogP contribution >= 0.6 is 0 Å². The Labute approximate surface area is 254 Å². The van der Waals surface area contributed by atoms with Crippen LogP contribution in [0.2, 0.25) is 0 Å². The van der Waals surface area contributed by atoms with E-state index >= 15 is 0 Å². The maximum atomic E-state index is 12.6. The number of esters is 2. The van der Waals surface area contributed by atoms with Gasteiger partial charge in [-0.05, 0) is 12.8 Å². The zero-order valence-corrected chi connectivity index (χ0v) is 27.9. The number of hydrogen-bond acceptors (Lipinski definition) is 5. The third-order valence-corrected chi connectivity index (χ3v) is 8.10. The molecule has 0 rings (SSSR count). The van der Waals surface area contributed by atoms with Crippen LogP contribution in [0, 0.1) is 0 Å². The predicted molar refractivity (Wildman–Crippen MR) is 172 cm³/mol. The van der Waals surface area contributed by atoms with Crippen molar-refractivity contribution < 1.29 is 28.7 Å². The van der Waals surface area contributed by atoms with Gasteiger partial charge in [-0.2, -0.15) is 0 Å². The summed E-state index contributed by atoms with van der Waals surface area (Å²) in [7, 11) is 3.99. The maximum absolute atomic E-state index is 12.6. The van der Waals surface area contributed by atoms with E-state index in [1.165, 1.54) is 116 Å². The van der Waals surface area contributed by atoms with Crippen molar-refractivity contribution in [3.05, 3.63) is 0 Å². The zero-order valence-electron chi connectivity index (χ0n) is 27.9. The Balaban J connectivity index is 4.13. The first kappa shape index (κ1) is 39.9. The largest absolute Gasteiger partial charge is 0.461 e. The van der Waals surface area contributed by atoms with E-state index in [0.717, 1.165) is 25.7 Å². The topological polar surface area (TPSA) is 72.8 Å². The van der Waals surface area contributed by atoms with Crippen molar-refractivity contribution in [2.45, 2.75) is 174 Å². The van der Waals surface area contributed by atoms with Gasteiger partial charge in [0.25, 0.3) is 0 Å². The van der Waals surface area contributed by atoms with Crippen molar-refractivity contribution >= 4 is 11.9 Å². The SMILES string of the molecule is CCCCCCCCCCCCCC(=O)OCC(C[N+](C)(C)CCO)OC(=O)CCCCCCCCCCCCC. The van der Waals surface area contributed by atoms with Crippen molar-refractivity contribution in [1.82, 2.24) is 0 Å². The number of carbonyl (C=O) groups excluding carboxylic acids is 2. The molecule has 1 atom stereocenters. The van der Waals surface area contributed by atoms with E-state index < -0.39 is 6.10 Å². The van der Waals surface area contributed by atoms with Gasteiger partial charge in [-0.3, -0.25) is 9.59 Å². The van der Waals surface area contributed by atoms with Gasteiger partial charge in [-0.15, -0.1) is 0 Å². The molecule has 0 amide bonds. The number of aliphatic hydroxyl groups is 1. The van der Waals surface area contributed by atoms with Crippen LogP contribution in [0.5, 0.6) is 0 Å². The number of nitrogens with zero attached hydrogens (tertiary/aromatic N) is 1. The Morgan fingerprint density at radius 1 is 0.585 bits per heavy atom. The van der Waals surface area contributed by atoms with Gasteiger partial charge in [0.2, 0.25) is 0 Å². The van der Waals surface area contributed by atoms with Gasteiger partial charge in [0.05, 0.1) is 20.7 Å². The Morgan fingerprint density at radius 3 is 1.34 bits per heavy atom. The second kappa shape index (κ2) is 29.0. The fraction of sp³-hybridized carbons (Fsp3) is 0.943. The highest BCUT2D eigenvalue weighted by atomic mass is 16.6. The second-order valence-corrected chi connectivity index (χ2v) is 12.9. The van der Waals surface area contributed by atoms with Gasteiger partial charge >= 0.3 is 11.9 Å². The molecule has 6 heteroatoms. The lowest BCUT2D eigenvalue weighted by atomic mass is 10.1. The highest BCUT2D eigenvalue weighted by Crippen LogP contribution is 2.14. The number of likely N-dealkylation sites (N-methyl/N-ethyl adjacent to an activating group) is 1. The first-order valence-electron chi connectivity index (χ1n) is 17.6. The summed E-state index contributed by atoms with van der Waals surface area (Å²) < 4.78 is 11.8. The Morgan fingerprint density at radius 2 is 0.951 bits per heavy atom. The third-order valence-electron chi connectivity index (χ3n) is 8.10. The number of quaternary nitrogens is 1.